The molecule has 0 aliphatic carbocycles. The van der Waals surface area contributed by atoms with Gasteiger partial charge in [-0.2, -0.15) is 4.98 Å². The molecule has 2 rings (SSSR count). The number of aromatic carboxylic acids is 1. The monoisotopic (exact) mass is 280 g/mol. The third-order valence-electron chi connectivity index (χ3n) is 2.51. The zero-order chi connectivity index (χ0) is 14.7. The SMILES string of the molecule is CC(C)c1nc(COc2ccc(C(=O)O)cc2F)no1. The molecule has 0 fully saturated rings. The van der Waals surface area contributed by atoms with Crippen LogP contribution in [0.15, 0.2) is 22.7 Å². The zero-order valence-electron chi connectivity index (χ0n) is 11.0. The second kappa shape index (κ2) is 5.68. The van der Waals surface area contributed by atoms with Crippen LogP contribution in [0.2, 0.25) is 0 Å². The molecule has 0 aliphatic rings. The van der Waals surface area contributed by atoms with Crippen LogP contribution < -0.4 is 4.74 Å². The summed E-state index contributed by atoms with van der Waals surface area (Å²) in [5, 5.41) is 12.4. The Kier molecular flexibility index (Phi) is 3.97. The third kappa shape index (κ3) is 3.11. The molecule has 0 bridgehead atoms. The van der Waals surface area contributed by atoms with Crippen molar-refractivity contribution in [2.75, 3.05) is 0 Å². The number of hydrogen-bond acceptors (Lipinski definition) is 5. The van der Waals surface area contributed by atoms with Gasteiger partial charge in [-0.15, -0.1) is 0 Å². The summed E-state index contributed by atoms with van der Waals surface area (Å²) in [6, 6.07) is 3.41. The number of nitrogens with zero attached hydrogens (tertiary/aromatic N) is 2. The molecule has 0 aliphatic heterocycles. The van der Waals surface area contributed by atoms with Crippen molar-refractivity contribution in [3.63, 3.8) is 0 Å². The minimum atomic E-state index is -1.20. The molecule has 7 heteroatoms. The molecule has 0 radical (unpaired) electrons. The highest BCUT2D eigenvalue weighted by Crippen LogP contribution is 2.19. The third-order valence-corrected chi connectivity index (χ3v) is 2.51. The molecule has 6 nitrogen and oxygen atoms in total. The number of carbonyl (C=O) groups is 1. The van der Waals surface area contributed by atoms with Crippen molar-refractivity contribution in [1.29, 1.82) is 0 Å². The molecule has 0 atom stereocenters. The number of hydrogen-bond donors (Lipinski definition) is 1. The first-order valence-electron chi connectivity index (χ1n) is 5.95. The second-order valence-electron chi connectivity index (χ2n) is 4.44. The summed E-state index contributed by atoms with van der Waals surface area (Å²) in [4.78, 5) is 14.8. The maximum Gasteiger partial charge on any atom is 0.335 e. The van der Waals surface area contributed by atoms with E-state index in [-0.39, 0.29) is 23.8 Å². The van der Waals surface area contributed by atoms with Gasteiger partial charge in [0.25, 0.3) is 0 Å². The minimum absolute atomic E-state index is 0.0560. The van der Waals surface area contributed by atoms with Crippen LogP contribution >= 0.6 is 0 Å². The first kappa shape index (κ1) is 14.0. The van der Waals surface area contributed by atoms with E-state index in [0.29, 0.717) is 11.7 Å². The van der Waals surface area contributed by atoms with Crippen LogP contribution in [0.5, 0.6) is 5.75 Å². The van der Waals surface area contributed by atoms with Gasteiger partial charge in [0.2, 0.25) is 11.7 Å². The summed E-state index contributed by atoms with van der Waals surface area (Å²) >= 11 is 0. The normalized spacial score (nSPS) is 10.8. The predicted octanol–water partition coefficient (Wildman–Crippen LogP) is 2.61. The summed E-state index contributed by atoms with van der Waals surface area (Å²) in [5.41, 5.74) is -0.142. The fourth-order valence-electron chi connectivity index (χ4n) is 1.45. The van der Waals surface area contributed by atoms with Gasteiger partial charge in [-0.05, 0) is 18.2 Å². The van der Waals surface area contributed by atoms with Gasteiger partial charge in [-0.3, -0.25) is 0 Å². The van der Waals surface area contributed by atoms with Crippen LogP contribution in [0.25, 0.3) is 0 Å². The quantitative estimate of drug-likeness (QED) is 0.906. The van der Waals surface area contributed by atoms with E-state index in [1.807, 2.05) is 13.8 Å². The fraction of sp³-hybridized carbons (Fsp3) is 0.308. The van der Waals surface area contributed by atoms with Crippen LogP contribution in [0.3, 0.4) is 0 Å². The maximum atomic E-state index is 13.6. The van der Waals surface area contributed by atoms with Crippen molar-refractivity contribution in [3.8, 4) is 5.75 Å². The molecule has 1 N–H and O–H groups in total. The smallest absolute Gasteiger partial charge is 0.335 e. The Bertz CT molecular complexity index is 625. The molecule has 0 saturated carbocycles. The number of rotatable bonds is 5. The van der Waals surface area contributed by atoms with E-state index in [9.17, 15) is 9.18 Å². The van der Waals surface area contributed by atoms with Gasteiger partial charge < -0.3 is 14.4 Å². The van der Waals surface area contributed by atoms with Gasteiger partial charge in [0.1, 0.15) is 0 Å². The van der Waals surface area contributed by atoms with E-state index in [1.165, 1.54) is 12.1 Å². The average molecular weight is 280 g/mol. The first-order chi connectivity index (χ1) is 9.47. The van der Waals surface area contributed by atoms with Crippen molar-refractivity contribution in [2.45, 2.75) is 26.4 Å². The van der Waals surface area contributed by atoms with E-state index in [2.05, 4.69) is 10.1 Å². The Morgan fingerprint density at radius 3 is 2.80 bits per heavy atom. The number of halogens is 1. The number of ether oxygens (including phenoxy) is 1. The highest BCUT2D eigenvalue weighted by molar-refractivity contribution is 5.87. The summed E-state index contributed by atoms with van der Waals surface area (Å²) in [7, 11) is 0. The molecule has 0 amide bonds. The summed E-state index contributed by atoms with van der Waals surface area (Å²) in [6.45, 7) is 3.75. The second-order valence-corrected chi connectivity index (χ2v) is 4.44. The van der Waals surface area contributed by atoms with Crippen LogP contribution in [-0.2, 0) is 6.61 Å². The molecule has 0 unspecified atom stereocenters. The van der Waals surface area contributed by atoms with Crippen molar-refractivity contribution in [1.82, 2.24) is 10.1 Å². The van der Waals surface area contributed by atoms with Crippen LogP contribution in [0.1, 0.15) is 41.8 Å². The fourth-order valence-corrected chi connectivity index (χ4v) is 1.45. The van der Waals surface area contributed by atoms with Crippen LogP contribution in [0, 0.1) is 5.82 Å². The zero-order valence-corrected chi connectivity index (χ0v) is 11.0. The summed E-state index contributed by atoms with van der Waals surface area (Å²) in [6.07, 6.45) is 0. The average Bonchev–Trinajstić information content (AvgIpc) is 2.86. The van der Waals surface area contributed by atoms with Crippen molar-refractivity contribution in [2.24, 2.45) is 0 Å². The molecule has 1 heterocycles. The van der Waals surface area contributed by atoms with Crippen molar-refractivity contribution < 1.29 is 23.6 Å². The maximum absolute atomic E-state index is 13.6. The van der Waals surface area contributed by atoms with Gasteiger partial charge in [0.15, 0.2) is 18.2 Å². The van der Waals surface area contributed by atoms with Crippen molar-refractivity contribution in [3.05, 3.63) is 41.3 Å². The highest BCUT2D eigenvalue weighted by atomic mass is 19.1. The topological polar surface area (TPSA) is 85.5 Å². The van der Waals surface area contributed by atoms with Gasteiger partial charge >= 0.3 is 5.97 Å². The number of carboxylic acid groups (broad SMARTS) is 1. The Morgan fingerprint density at radius 1 is 1.50 bits per heavy atom. The highest BCUT2D eigenvalue weighted by Gasteiger charge is 2.12. The van der Waals surface area contributed by atoms with Gasteiger partial charge in [0, 0.05) is 5.92 Å². The number of aromatic nitrogens is 2. The van der Waals surface area contributed by atoms with Crippen LogP contribution in [0.4, 0.5) is 4.39 Å². The Hall–Kier alpha value is -2.44. The standard InChI is InChI=1S/C13H13FN2O4/c1-7(2)12-15-11(16-20-12)6-19-10-4-3-8(13(17)18)5-9(10)14/h3-5,7H,6H2,1-2H3,(H,17,18). The molecule has 1 aromatic carbocycles. The molecule has 106 valence electrons. The van der Waals surface area contributed by atoms with Crippen LogP contribution in [-0.4, -0.2) is 21.2 Å². The lowest BCUT2D eigenvalue weighted by atomic mass is 10.2. The lowest BCUT2D eigenvalue weighted by Gasteiger charge is -2.05. The minimum Gasteiger partial charge on any atom is -0.482 e. The number of carboxylic acids is 1. The molecule has 0 spiro atoms. The van der Waals surface area contributed by atoms with E-state index in [1.54, 1.807) is 0 Å². The lowest BCUT2D eigenvalue weighted by molar-refractivity contribution is 0.0696. The molecule has 1 aromatic heterocycles. The molecule has 20 heavy (non-hydrogen) atoms. The lowest BCUT2D eigenvalue weighted by Crippen LogP contribution is -2.02. The Morgan fingerprint density at radius 2 is 2.25 bits per heavy atom. The predicted molar refractivity (Wildman–Crippen MR) is 66.1 cm³/mol. The molecular weight excluding hydrogens is 267 g/mol. The largest absolute Gasteiger partial charge is 0.482 e. The molecule has 2 aromatic rings. The molecule has 0 saturated heterocycles. The van der Waals surface area contributed by atoms with E-state index in [0.717, 1.165) is 6.07 Å². The van der Waals surface area contributed by atoms with Gasteiger partial charge in [-0.1, -0.05) is 19.0 Å². The van der Waals surface area contributed by atoms with Gasteiger partial charge in [-0.25, -0.2) is 9.18 Å². The Balaban J connectivity index is 2.05. The molecular formula is C13H13FN2O4. The summed E-state index contributed by atoms with van der Waals surface area (Å²) in [5.74, 6) is -1.14. The van der Waals surface area contributed by atoms with E-state index >= 15 is 0 Å². The van der Waals surface area contributed by atoms with Crippen molar-refractivity contribution >= 4 is 5.97 Å². The Labute approximate surface area is 114 Å². The van der Waals surface area contributed by atoms with E-state index in [4.69, 9.17) is 14.4 Å². The summed E-state index contributed by atoms with van der Waals surface area (Å²) < 4.78 is 23.8. The number of benzene rings is 1. The van der Waals surface area contributed by atoms with Gasteiger partial charge in [0.05, 0.1) is 5.56 Å². The first-order valence-corrected chi connectivity index (χ1v) is 5.95. The van der Waals surface area contributed by atoms with E-state index < -0.39 is 11.8 Å².